The number of hydrogen-bond acceptors (Lipinski definition) is 4. The van der Waals surface area contributed by atoms with Crippen LogP contribution < -0.4 is 0 Å². The van der Waals surface area contributed by atoms with Gasteiger partial charge in [-0.25, -0.2) is 0 Å². The average molecular weight is 308 g/mol. The van der Waals surface area contributed by atoms with Crippen molar-refractivity contribution in [3.05, 3.63) is 31.5 Å². The number of carboxylic acids is 1. The minimum Gasteiger partial charge on any atom is -0.481 e. The van der Waals surface area contributed by atoms with E-state index in [-0.39, 0.29) is 17.9 Å². The summed E-state index contributed by atoms with van der Waals surface area (Å²) in [5.74, 6) is -1.39. The highest BCUT2D eigenvalue weighted by Gasteiger charge is 2.14. The molecule has 0 saturated carbocycles. The first-order chi connectivity index (χ1) is 6.49. The molecule has 1 aromatic heterocycles. The minimum absolute atomic E-state index is 0.191. The van der Waals surface area contributed by atoms with Gasteiger partial charge in [0.05, 0.1) is 0 Å². The summed E-state index contributed by atoms with van der Waals surface area (Å²) in [6, 6.07) is 2.79. The molecule has 1 heterocycles. The number of carbonyl (C=O) groups is 1. The maximum Gasteiger partial charge on any atom is 0.364 e. The largest absolute Gasteiger partial charge is 0.481 e. The first-order valence-corrected chi connectivity index (χ1v) is 4.59. The van der Waals surface area contributed by atoms with E-state index in [4.69, 9.17) is 5.11 Å². The molecule has 0 saturated heterocycles. The fourth-order valence-electron chi connectivity index (χ4n) is 0.875. The average Bonchev–Trinajstić information content (AvgIpc) is 2.01. The molecule has 0 radical (unpaired) electrons. The molecule has 0 atom stereocenters. The van der Waals surface area contributed by atoms with Crippen molar-refractivity contribution >= 4 is 34.4 Å². The van der Waals surface area contributed by atoms with Crippen molar-refractivity contribution in [2.24, 2.45) is 0 Å². The van der Waals surface area contributed by atoms with Crippen molar-refractivity contribution in [2.45, 2.75) is 6.42 Å². The topological polar surface area (TPSA) is 93.3 Å². The maximum atomic E-state index is 10.4. The van der Waals surface area contributed by atoms with E-state index in [1.807, 2.05) is 22.6 Å². The standard InChI is InChI=1S/C7H5IN2O4/c8-4-1-5(3-7(11)12)9-6(2-4)10(13)14/h1-2H,3H2,(H,11,12). The van der Waals surface area contributed by atoms with E-state index in [1.165, 1.54) is 12.1 Å². The van der Waals surface area contributed by atoms with Crippen molar-refractivity contribution in [1.29, 1.82) is 0 Å². The molecule has 0 unspecified atom stereocenters. The number of pyridine rings is 1. The number of hydrogen-bond donors (Lipinski definition) is 1. The van der Waals surface area contributed by atoms with Crippen LogP contribution in [0.25, 0.3) is 0 Å². The zero-order valence-corrected chi connectivity index (χ0v) is 8.96. The summed E-state index contributed by atoms with van der Waals surface area (Å²) < 4.78 is 0.598. The smallest absolute Gasteiger partial charge is 0.364 e. The molecule has 7 heteroatoms. The van der Waals surface area contributed by atoms with E-state index >= 15 is 0 Å². The molecule has 0 bridgehead atoms. The predicted octanol–water partition coefficient (Wildman–Crippen LogP) is 1.22. The molecule has 1 aromatic rings. The lowest BCUT2D eigenvalue weighted by atomic mass is 10.3. The van der Waals surface area contributed by atoms with Crippen LogP contribution in [0.1, 0.15) is 5.69 Å². The number of carboxylic acid groups (broad SMARTS) is 1. The number of nitro groups is 1. The molecule has 0 fully saturated rings. The van der Waals surface area contributed by atoms with Crippen LogP contribution in [0.4, 0.5) is 5.82 Å². The highest BCUT2D eigenvalue weighted by molar-refractivity contribution is 14.1. The van der Waals surface area contributed by atoms with Gasteiger partial charge in [-0.3, -0.25) is 4.79 Å². The van der Waals surface area contributed by atoms with Crippen molar-refractivity contribution in [2.75, 3.05) is 0 Å². The molecule has 0 amide bonds. The molecule has 0 aliphatic rings. The first-order valence-electron chi connectivity index (χ1n) is 3.51. The second-order valence-corrected chi connectivity index (χ2v) is 3.71. The number of halogens is 1. The van der Waals surface area contributed by atoms with Crippen molar-refractivity contribution in [3.8, 4) is 0 Å². The van der Waals surface area contributed by atoms with Crippen LogP contribution in [0.3, 0.4) is 0 Å². The fraction of sp³-hybridized carbons (Fsp3) is 0.143. The Balaban J connectivity index is 3.07. The van der Waals surface area contributed by atoms with Gasteiger partial charge in [0, 0.05) is 9.64 Å². The van der Waals surface area contributed by atoms with Gasteiger partial charge >= 0.3 is 11.8 Å². The van der Waals surface area contributed by atoms with Gasteiger partial charge in [-0.1, -0.05) is 0 Å². The Morgan fingerprint density at radius 1 is 1.64 bits per heavy atom. The molecule has 0 aliphatic carbocycles. The molecule has 1 rings (SSSR count). The summed E-state index contributed by atoms with van der Waals surface area (Å²) in [5, 5.41) is 18.9. The molecule has 74 valence electrons. The van der Waals surface area contributed by atoms with Crippen LogP contribution in [0, 0.1) is 13.7 Å². The van der Waals surface area contributed by atoms with Gasteiger partial charge < -0.3 is 15.2 Å². The van der Waals surface area contributed by atoms with Crippen molar-refractivity contribution in [3.63, 3.8) is 0 Å². The monoisotopic (exact) mass is 308 g/mol. The lowest BCUT2D eigenvalue weighted by Crippen LogP contribution is -2.04. The van der Waals surface area contributed by atoms with Gasteiger partial charge in [0.1, 0.15) is 6.42 Å². The Kier molecular flexibility index (Phi) is 3.33. The molecule has 14 heavy (non-hydrogen) atoms. The normalized spacial score (nSPS) is 9.79. The van der Waals surface area contributed by atoms with Gasteiger partial charge in [-0.15, -0.1) is 0 Å². The SMILES string of the molecule is O=C(O)Cc1cc(I)cc([N+](=O)[O-])n1. The number of aliphatic carboxylic acids is 1. The first kappa shape index (κ1) is 10.8. The van der Waals surface area contributed by atoms with Gasteiger partial charge in [0.15, 0.2) is 5.69 Å². The maximum absolute atomic E-state index is 10.4. The predicted molar refractivity (Wildman–Crippen MR) is 54.9 cm³/mol. The van der Waals surface area contributed by atoms with Crippen LogP contribution >= 0.6 is 22.6 Å². The second kappa shape index (κ2) is 4.31. The second-order valence-electron chi connectivity index (χ2n) is 2.46. The molecule has 1 N–H and O–H groups in total. The number of aromatic nitrogens is 1. The summed E-state index contributed by atoms with van der Waals surface area (Å²) in [7, 11) is 0. The van der Waals surface area contributed by atoms with E-state index in [0.29, 0.717) is 3.57 Å². The number of rotatable bonds is 3. The van der Waals surface area contributed by atoms with E-state index in [1.54, 1.807) is 0 Å². The fourth-order valence-corrected chi connectivity index (χ4v) is 1.51. The summed E-state index contributed by atoms with van der Waals surface area (Å²) in [6.07, 6.45) is -0.308. The zero-order chi connectivity index (χ0) is 10.7. The van der Waals surface area contributed by atoms with Gasteiger partial charge in [0.25, 0.3) is 0 Å². The summed E-state index contributed by atoms with van der Waals surface area (Å²) in [4.78, 5) is 23.7. The zero-order valence-electron chi connectivity index (χ0n) is 6.81. The van der Waals surface area contributed by atoms with Crippen molar-refractivity contribution < 1.29 is 14.8 Å². The minimum atomic E-state index is -1.06. The quantitative estimate of drug-likeness (QED) is 0.515. The Bertz CT molecular complexity index is 393. The lowest BCUT2D eigenvalue weighted by Gasteiger charge is -1.95. The van der Waals surface area contributed by atoms with Crippen LogP contribution in [-0.4, -0.2) is 21.0 Å². The van der Waals surface area contributed by atoms with Gasteiger partial charge in [-0.2, -0.15) is 0 Å². The van der Waals surface area contributed by atoms with E-state index in [9.17, 15) is 14.9 Å². The third-order valence-corrected chi connectivity index (χ3v) is 1.97. The highest BCUT2D eigenvalue weighted by Crippen LogP contribution is 2.14. The molecule has 0 spiro atoms. The molecular formula is C7H5IN2O4. The summed E-state index contributed by atoms with van der Waals surface area (Å²) >= 11 is 1.87. The molecular weight excluding hydrogens is 303 g/mol. The Labute approximate surface area is 92.3 Å². The van der Waals surface area contributed by atoms with Crippen LogP contribution in [0.2, 0.25) is 0 Å². The van der Waals surface area contributed by atoms with Crippen LogP contribution in [0.5, 0.6) is 0 Å². The summed E-state index contributed by atoms with van der Waals surface area (Å²) in [6.45, 7) is 0. The molecule has 0 aromatic carbocycles. The van der Waals surface area contributed by atoms with E-state index in [0.717, 1.165) is 0 Å². The Hall–Kier alpha value is -1.25. The number of nitrogens with zero attached hydrogens (tertiary/aromatic N) is 2. The third-order valence-electron chi connectivity index (χ3n) is 1.35. The molecule has 0 aliphatic heterocycles. The third kappa shape index (κ3) is 2.91. The highest BCUT2D eigenvalue weighted by atomic mass is 127. The van der Waals surface area contributed by atoms with Gasteiger partial charge in [-0.05, 0) is 38.6 Å². The van der Waals surface area contributed by atoms with Crippen LogP contribution in [-0.2, 0) is 11.2 Å². The van der Waals surface area contributed by atoms with Crippen LogP contribution in [0.15, 0.2) is 12.1 Å². The molecule has 6 nitrogen and oxygen atoms in total. The Morgan fingerprint density at radius 2 is 2.29 bits per heavy atom. The summed E-state index contributed by atoms with van der Waals surface area (Å²) in [5.41, 5.74) is 0.191. The van der Waals surface area contributed by atoms with Crippen molar-refractivity contribution in [1.82, 2.24) is 4.98 Å². The lowest BCUT2D eigenvalue weighted by molar-refractivity contribution is -0.389. The van der Waals surface area contributed by atoms with E-state index < -0.39 is 10.9 Å². The Morgan fingerprint density at radius 3 is 2.79 bits per heavy atom. The van der Waals surface area contributed by atoms with Gasteiger partial charge in [0.2, 0.25) is 0 Å². The van der Waals surface area contributed by atoms with E-state index in [2.05, 4.69) is 4.98 Å².